The fourth-order valence-corrected chi connectivity index (χ4v) is 2.01. The average Bonchev–Trinajstić information content (AvgIpc) is 2.39. The first kappa shape index (κ1) is 16.6. The summed E-state index contributed by atoms with van der Waals surface area (Å²) in [7, 11) is 0. The molecule has 0 amide bonds. The molecule has 1 rings (SSSR count). The molecule has 0 fully saturated rings. The van der Waals surface area contributed by atoms with E-state index in [1.807, 2.05) is 32.0 Å². The van der Waals surface area contributed by atoms with Gasteiger partial charge in [-0.15, -0.1) is 0 Å². The Balaban J connectivity index is 2.66. The van der Waals surface area contributed by atoms with Gasteiger partial charge in [-0.1, -0.05) is 6.07 Å². The third-order valence-corrected chi connectivity index (χ3v) is 2.74. The second-order valence-corrected chi connectivity index (χ2v) is 5.04. The van der Waals surface area contributed by atoms with E-state index in [4.69, 9.17) is 21.7 Å². The van der Waals surface area contributed by atoms with E-state index in [2.05, 4.69) is 24.5 Å². The summed E-state index contributed by atoms with van der Waals surface area (Å²) in [6.07, 6.45) is 0. The van der Waals surface area contributed by atoms with Gasteiger partial charge in [-0.2, -0.15) is 0 Å². The Bertz CT molecular complexity index is 436. The molecular weight excluding hydrogens is 272 g/mol. The maximum Gasteiger partial charge on any atom is 0.166 e. The normalized spacial score (nSPS) is 10.2. The van der Waals surface area contributed by atoms with Crippen LogP contribution in [0.25, 0.3) is 0 Å². The van der Waals surface area contributed by atoms with Crippen LogP contribution >= 0.6 is 12.2 Å². The van der Waals surface area contributed by atoms with Crippen LogP contribution in [0.15, 0.2) is 18.2 Å². The van der Waals surface area contributed by atoms with Gasteiger partial charge in [0, 0.05) is 12.6 Å². The monoisotopic (exact) mass is 296 g/mol. The van der Waals surface area contributed by atoms with Crippen molar-refractivity contribution in [1.29, 1.82) is 0 Å². The molecule has 20 heavy (non-hydrogen) atoms. The van der Waals surface area contributed by atoms with Crippen molar-refractivity contribution in [1.82, 2.24) is 10.6 Å². The minimum Gasteiger partial charge on any atom is -0.490 e. The number of thiocarbonyl (C=S) groups is 1. The van der Waals surface area contributed by atoms with Gasteiger partial charge < -0.3 is 20.1 Å². The molecule has 0 unspecified atom stereocenters. The van der Waals surface area contributed by atoms with Crippen LogP contribution in [-0.2, 0) is 6.54 Å². The number of ether oxygens (including phenoxy) is 2. The highest BCUT2D eigenvalue weighted by Gasteiger charge is 2.06. The number of hydrogen-bond acceptors (Lipinski definition) is 3. The summed E-state index contributed by atoms with van der Waals surface area (Å²) >= 11 is 5.20. The predicted octanol–water partition coefficient (Wildman–Crippen LogP) is 2.86. The molecule has 0 bridgehead atoms. The van der Waals surface area contributed by atoms with Crippen molar-refractivity contribution < 1.29 is 9.47 Å². The molecule has 0 atom stereocenters. The molecule has 0 heterocycles. The van der Waals surface area contributed by atoms with Crippen molar-refractivity contribution in [2.75, 3.05) is 13.2 Å². The molecule has 0 aliphatic rings. The summed E-state index contributed by atoms with van der Waals surface area (Å²) in [6.45, 7) is 9.93. The number of rotatable bonds is 7. The smallest absolute Gasteiger partial charge is 0.166 e. The van der Waals surface area contributed by atoms with E-state index in [1.165, 1.54) is 0 Å². The van der Waals surface area contributed by atoms with E-state index >= 15 is 0 Å². The van der Waals surface area contributed by atoms with Crippen LogP contribution in [0, 0.1) is 0 Å². The molecule has 0 aliphatic heterocycles. The van der Waals surface area contributed by atoms with Gasteiger partial charge in [0.25, 0.3) is 0 Å². The lowest BCUT2D eigenvalue weighted by molar-refractivity contribution is 0.287. The molecule has 1 aromatic carbocycles. The lowest BCUT2D eigenvalue weighted by Crippen LogP contribution is -2.38. The first-order valence-electron chi connectivity index (χ1n) is 6.99. The van der Waals surface area contributed by atoms with Crippen LogP contribution in [0.4, 0.5) is 0 Å². The molecule has 4 nitrogen and oxygen atoms in total. The second kappa shape index (κ2) is 8.64. The van der Waals surface area contributed by atoms with Crippen LogP contribution in [-0.4, -0.2) is 24.4 Å². The summed E-state index contributed by atoms with van der Waals surface area (Å²) in [5.41, 5.74) is 1.10. The lowest BCUT2D eigenvalue weighted by Gasteiger charge is -2.15. The van der Waals surface area contributed by atoms with Crippen molar-refractivity contribution in [2.24, 2.45) is 0 Å². The maximum absolute atomic E-state index is 5.60. The largest absolute Gasteiger partial charge is 0.490 e. The van der Waals surface area contributed by atoms with Gasteiger partial charge in [-0.3, -0.25) is 0 Å². The molecule has 0 aromatic heterocycles. The lowest BCUT2D eigenvalue weighted by atomic mass is 10.2. The highest BCUT2D eigenvalue weighted by Crippen LogP contribution is 2.28. The third kappa shape index (κ3) is 5.65. The van der Waals surface area contributed by atoms with E-state index in [0.29, 0.717) is 30.9 Å². The molecule has 0 radical (unpaired) electrons. The van der Waals surface area contributed by atoms with Crippen molar-refractivity contribution in [3.05, 3.63) is 23.8 Å². The SMILES string of the molecule is CCOc1ccc(CNC(=S)NC(C)C)cc1OCC. The number of benzene rings is 1. The van der Waals surface area contributed by atoms with Gasteiger partial charge >= 0.3 is 0 Å². The molecule has 5 heteroatoms. The van der Waals surface area contributed by atoms with Gasteiger partial charge in [-0.05, 0) is 57.6 Å². The van der Waals surface area contributed by atoms with E-state index in [-0.39, 0.29) is 0 Å². The molecule has 0 spiro atoms. The second-order valence-electron chi connectivity index (χ2n) is 4.63. The minimum absolute atomic E-state index is 0.328. The standard InChI is InChI=1S/C15H24N2O2S/c1-5-18-13-8-7-12(9-14(13)19-6-2)10-16-15(20)17-11(3)4/h7-9,11H,5-6,10H2,1-4H3,(H2,16,17,20). The summed E-state index contributed by atoms with van der Waals surface area (Å²) < 4.78 is 11.1. The number of hydrogen-bond donors (Lipinski definition) is 2. The van der Waals surface area contributed by atoms with Gasteiger partial charge in [0.15, 0.2) is 16.6 Å². The van der Waals surface area contributed by atoms with Gasteiger partial charge in [-0.25, -0.2) is 0 Å². The van der Waals surface area contributed by atoms with Crippen molar-refractivity contribution >= 4 is 17.3 Å². The molecule has 0 saturated carbocycles. The summed E-state index contributed by atoms with van der Waals surface area (Å²) in [5, 5.41) is 6.98. The zero-order valence-electron chi connectivity index (χ0n) is 12.7. The molecule has 0 aliphatic carbocycles. The Morgan fingerprint density at radius 1 is 1.15 bits per heavy atom. The van der Waals surface area contributed by atoms with Crippen molar-refractivity contribution in [3.63, 3.8) is 0 Å². The molecule has 2 N–H and O–H groups in total. The van der Waals surface area contributed by atoms with E-state index in [0.717, 1.165) is 17.1 Å². The zero-order valence-corrected chi connectivity index (χ0v) is 13.5. The molecule has 0 saturated heterocycles. The van der Waals surface area contributed by atoms with Gasteiger partial charge in [0.1, 0.15) is 0 Å². The Kier molecular flexibility index (Phi) is 7.15. The molecular formula is C15H24N2O2S. The minimum atomic E-state index is 0.328. The highest BCUT2D eigenvalue weighted by molar-refractivity contribution is 7.80. The van der Waals surface area contributed by atoms with Crippen LogP contribution in [0.5, 0.6) is 11.5 Å². The van der Waals surface area contributed by atoms with Crippen molar-refractivity contribution in [2.45, 2.75) is 40.3 Å². The maximum atomic E-state index is 5.60. The summed E-state index contributed by atoms with van der Waals surface area (Å²) in [4.78, 5) is 0. The average molecular weight is 296 g/mol. The van der Waals surface area contributed by atoms with Crippen LogP contribution < -0.4 is 20.1 Å². The molecule has 112 valence electrons. The van der Waals surface area contributed by atoms with E-state index in [9.17, 15) is 0 Å². The zero-order chi connectivity index (χ0) is 15.0. The highest BCUT2D eigenvalue weighted by atomic mass is 32.1. The topological polar surface area (TPSA) is 42.5 Å². The fraction of sp³-hybridized carbons (Fsp3) is 0.533. The van der Waals surface area contributed by atoms with Crippen LogP contribution in [0.3, 0.4) is 0 Å². The van der Waals surface area contributed by atoms with Crippen LogP contribution in [0.1, 0.15) is 33.3 Å². The third-order valence-electron chi connectivity index (χ3n) is 2.48. The Hall–Kier alpha value is -1.49. The van der Waals surface area contributed by atoms with E-state index < -0.39 is 0 Å². The summed E-state index contributed by atoms with van der Waals surface area (Å²) in [6, 6.07) is 6.26. The molecule has 1 aromatic rings. The Morgan fingerprint density at radius 2 is 1.80 bits per heavy atom. The summed E-state index contributed by atoms with van der Waals surface area (Å²) in [5.74, 6) is 1.55. The van der Waals surface area contributed by atoms with Crippen LogP contribution in [0.2, 0.25) is 0 Å². The first-order chi connectivity index (χ1) is 9.56. The number of nitrogens with one attached hydrogen (secondary N) is 2. The first-order valence-corrected chi connectivity index (χ1v) is 7.40. The Morgan fingerprint density at radius 3 is 2.40 bits per heavy atom. The van der Waals surface area contributed by atoms with Gasteiger partial charge in [0.05, 0.1) is 13.2 Å². The fourth-order valence-electron chi connectivity index (χ4n) is 1.70. The van der Waals surface area contributed by atoms with Gasteiger partial charge in [0.2, 0.25) is 0 Å². The van der Waals surface area contributed by atoms with E-state index in [1.54, 1.807) is 0 Å². The van der Waals surface area contributed by atoms with Crippen molar-refractivity contribution in [3.8, 4) is 11.5 Å². The quantitative estimate of drug-likeness (QED) is 0.757. The predicted molar refractivity (Wildman–Crippen MR) is 86.5 cm³/mol. The Labute approximate surface area is 126 Å².